The van der Waals surface area contributed by atoms with Crippen LogP contribution >= 0.6 is 11.8 Å². The number of amides is 1. The van der Waals surface area contributed by atoms with Crippen LogP contribution in [0.15, 0.2) is 16.1 Å². The quantitative estimate of drug-likeness (QED) is 0.907. The Morgan fingerprint density at radius 3 is 2.95 bits per heavy atom. The SMILES string of the molecule is Cc1nn(CC(=O)NCC2=CSC3=NCCN23)c(C)c1C. The van der Waals surface area contributed by atoms with Crippen molar-refractivity contribution in [2.75, 3.05) is 19.6 Å². The number of fused-ring (bicyclic) bond motifs is 1. The normalized spacial score (nSPS) is 16.8. The molecule has 7 heteroatoms. The lowest BCUT2D eigenvalue weighted by molar-refractivity contribution is -0.121. The van der Waals surface area contributed by atoms with Crippen molar-refractivity contribution in [3.8, 4) is 0 Å². The molecule has 1 amide bonds. The fraction of sp³-hybridized carbons (Fsp3) is 0.500. The van der Waals surface area contributed by atoms with Crippen LogP contribution in [0.3, 0.4) is 0 Å². The number of rotatable bonds is 4. The monoisotopic (exact) mass is 305 g/mol. The number of hydrogen-bond donors (Lipinski definition) is 1. The molecule has 0 radical (unpaired) electrons. The minimum absolute atomic E-state index is 0.0175. The van der Waals surface area contributed by atoms with Crippen molar-refractivity contribution in [2.45, 2.75) is 27.3 Å². The Hall–Kier alpha value is -1.76. The van der Waals surface area contributed by atoms with Crippen LogP contribution in [-0.4, -0.2) is 45.4 Å². The van der Waals surface area contributed by atoms with Gasteiger partial charge in [-0.25, -0.2) is 0 Å². The van der Waals surface area contributed by atoms with E-state index in [0.29, 0.717) is 6.54 Å². The van der Waals surface area contributed by atoms with E-state index in [2.05, 4.69) is 25.7 Å². The van der Waals surface area contributed by atoms with E-state index in [1.54, 1.807) is 16.4 Å². The van der Waals surface area contributed by atoms with E-state index >= 15 is 0 Å². The van der Waals surface area contributed by atoms with E-state index in [0.717, 1.165) is 40.9 Å². The number of amidine groups is 1. The molecule has 3 heterocycles. The lowest BCUT2D eigenvalue weighted by atomic mass is 10.2. The smallest absolute Gasteiger partial charge is 0.242 e. The second-order valence-corrected chi connectivity index (χ2v) is 6.11. The number of aromatic nitrogens is 2. The zero-order chi connectivity index (χ0) is 15.0. The maximum absolute atomic E-state index is 12.1. The summed E-state index contributed by atoms with van der Waals surface area (Å²) in [6.45, 7) is 8.56. The highest BCUT2D eigenvalue weighted by molar-refractivity contribution is 8.16. The summed E-state index contributed by atoms with van der Waals surface area (Å²) >= 11 is 1.63. The molecule has 0 aromatic carbocycles. The molecule has 0 unspecified atom stereocenters. The van der Waals surface area contributed by atoms with Crippen LogP contribution in [0.1, 0.15) is 17.0 Å². The lowest BCUT2D eigenvalue weighted by Gasteiger charge is -2.16. The Kier molecular flexibility index (Phi) is 3.75. The minimum Gasteiger partial charge on any atom is -0.349 e. The highest BCUT2D eigenvalue weighted by atomic mass is 32.2. The first-order chi connectivity index (χ1) is 10.1. The van der Waals surface area contributed by atoms with Crippen LogP contribution in [0.25, 0.3) is 0 Å². The van der Waals surface area contributed by atoms with Gasteiger partial charge in [0.25, 0.3) is 0 Å². The fourth-order valence-electron chi connectivity index (χ4n) is 2.44. The molecule has 0 bridgehead atoms. The highest BCUT2D eigenvalue weighted by Crippen LogP contribution is 2.28. The summed E-state index contributed by atoms with van der Waals surface area (Å²) in [6.07, 6.45) is 0. The molecule has 0 aliphatic carbocycles. The summed E-state index contributed by atoms with van der Waals surface area (Å²) in [6, 6.07) is 0. The van der Waals surface area contributed by atoms with Crippen LogP contribution in [0.5, 0.6) is 0 Å². The summed E-state index contributed by atoms with van der Waals surface area (Å²) in [5.74, 6) is -0.0175. The van der Waals surface area contributed by atoms with Gasteiger partial charge < -0.3 is 10.2 Å². The molecule has 0 spiro atoms. The lowest BCUT2D eigenvalue weighted by Crippen LogP contribution is -2.34. The number of aliphatic imine (C=N–C) groups is 1. The summed E-state index contributed by atoms with van der Waals surface area (Å²) in [7, 11) is 0. The predicted molar refractivity (Wildman–Crippen MR) is 84.1 cm³/mol. The van der Waals surface area contributed by atoms with Gasteiger partial charge in [0.05, 0.1) is 18.8 Å². The van der Waals surface area contributed by atoms with Crippen molar-refractivity contribution < 1.29 is 4.79 Å². The van der Waals surface area contributed by atoms with E-state index in [1.165, 1.54) is 0 Å². The van der Waals surface area contributed by atoms with E-state index in [1.807, 2.05) is 20.8 Å². The third-order valence-electron chi connectivity index (χ3n) is 3.95. The predicted octanol–water partition coefficient (Wildman–Crippen LogP) is 1.18. The van der Waals surface area contributed by atoms with Gasteiger partial charge in [-0.15, -0.1) is 0 Å². The molecular formula is C14H19N5OS. The average Bonchev–Trinajstić information content (AvgIpc) is 3.10. The number of hydrogen-bond acceptors (Lipinski definition) is 5. The number of aryl methyl sites for hydroxylation is 1. The van der Waals surface area contributed by atoms with Gasteiger partial charge in [-0.1, -0.05) is 11.8 Å². The molecule has 2 aliphatic rings. The fourth-order valence-corrected chi connectivity index (χ4v) is 3.39. The van der Waals surface area contributed by atoms with Gasteiger partial charge in [0.15, 0.2) is 5.17 Å². The molecular weight excluding hydrogens is 286 g/mol. The van der Waals surface area contributed by atoms with E-state index in [-0.39, 0.29) is 12.5 Å². The molecule has 1 N–H and O–H groups in total. The Labute approximate surface area is 128 Å². The van der Waals surface area contributed by atoms with Gasteiger partial charge >= 0.3 is 0 Å². The zero-order valence-electron chi connectivity index (χ0n) is 12.5. The van der Waals surface area contributed by atoms with Crippen molar-refractivity contribution in [2.24, 2.45) is 4.99 Å². The summed E-state index contributed by atoms with van der Waals surface area (Å²) < 4.78 is 1.76. The number of carbonyl (C=O) groups excluding carboxylic acids is 1. The number of nitrogens with one attached hydrogen (secondary N) is 1. The van der Waals surface area contributed by atoms with E-state index in [9.17, 15) is 4.79 Å². The minimum atomic E-state index is -0.0175. The second kappa shape index (κ2) is 5.55. The molecule has 21 heavy (non-hydrogen) atoms. The van der Waals surface area contributed by atoms with Crippen molar-refractivity contribution >= 4 is 22.8 Å². The van der Waals surface area contributed by atoms with Crippen molar-refractivity contribution in [1.29, 1.82) is 0 Å². The van der Waals surface area contributed by atoms with Gasteiger partial charge in [0, 0.05) is 23.3 Å². The number of thioether (sulfide) groups is 1. The first-order valence-electron chi connectivity index (χ1n) is 7.01. The third-order valence-corrected chi connectivity index (χ3v) is 4.90. The van der Waals surface area contributed by atoms with Crippen molar-refractivity contribution in [3.05, 3.63) is 28.1 Å². The molecule has 0 saturated carbocycles. The number of carbonyl (C=O) groups is 1. The van der Waals surface area contributed by atoms with Crippen LogP contribution in [0.4, 0.5) is 0 Å². The largest absolute Gasteiger partial charge is 0.349 e. The molecule has 1 aromatic heterocycles. The Morgan fingerprint density at radius 2 is 2.24 bits per heavy atom. The van der Waals surface area contributed by atoms with Crippen molar-refractivity contribution in [1.82, 2.24) is 20.0 Å². The van der Waals surface area contributed by atoms with Crippen molar-refractivity contribution in [3.63, 3.8) is 0 Å². The molecule has 0 saturated heterocycles. The molecule has 0 fully saturated rings. The molecule has 112 valence electrons. The Bertz CT molecular complexity index is 646. The Balaban J connectivity index is 1.55. The van der Waals surface area contributed by atoms with Gasteiger partial charge in [-0.3, -0.25) is 14.5 Å². The van der Waals surface area contributed by atoms with E-state index in [4.69, 9.17) is 0 Å². The van der Waals surface area contributed by atoms with Gasteiger partial charge in [-0.05, 0) is 26.3 Å². The van der Waals surface area contributed by atoms with Crippen LogP contribution in [-0.2, 0) is 11.3 Å². The van der Waals surface area contributed by atoms with Gasteiger partial charge in [0.2, 0.25) is 5.91 Å². The first-order valence-corrected chi connectivity index (χ1v) is 7.89. The summed E-state index contributed by atoms with van der Waals surface area (Å²) in [5, 5.41) is 10.5. The maximum Gasteiger partial charge on any atom is 0.242 e. The second-order valence-electron chi connectivity index (χ2n) is 5.27. The summed E-state index contributed by atoms with van der Waals surface area (Å²) in [5.41, 5.74) is 4.30. The molecule has 3 rings (SSSR count). The molecule has 0 atom stereocenters. The third kappa shape index (κ3) is 2.70. The zero-order valence-corrected chi connectivity index (χ0v) is 13.3. The summed E-state index contributed by atoms with van der Waals surface area (Å²) in [4.78, 5) is 18.6. The molecule has 2 aliphatic heterocycles. The maximum atomic E-state index is 12.1. The van der Waals surface area contributed by atoms with E-state index < -0.39 is 0 Å². The van der Waals surface area contributed by atoms with Crippen LogP contribution < -0.4 is 5.32 Å². The Morgan fingerprint density at radius 1 is 1.43 bits per heavy atom. The number of nitrogens with zero attached hydrogens (tertiary/aromatic N) is 4. The molecule has 1 aromatic rings. The first kappa shape index (κ1) is 14.2. The highest BCUT2D eigenvalue weighted by Gasteiger charge is 2.26. The molecule has 6 nitrogen and oxygen atoms in total. The van der Waals surface area contributed by atoms with Crippen LogP contribution in [0, 0.1) is 20.8 Å². The van der Waals surface area contributed by atoms with Gasteiger partial charge in [0.1, 0.15) is 6.54 Å². The van der Waals surface area contributed by atoms with Crippen LogP contribution in [0.2, 0.25) is 0 Å². The topological polar surface area (TPSA) is 62.5 Å². The standard InChI is InChI=1S/C14H19N5OS/c1-9-10(2)17-19(11(9)3)7-13(20)16-6-12-8-21-14-15-4-5-18(12)14/h8H,4-7H2,1-3H3,(H,16,20). The van der Waals surface area contributed by atoms with Gasteiger partial charge in [-0.2, -0.15) is 5.10 Å². The average molecular weight is 305 g/mol.